The lowest BCUT2D eigenvalue weighted by Gasteiger charge is -2.23. The molecule has 1 heterocycles. The van der Waals surface area contributed by atoms with Gasteiger partial charge in [0.1, 0.15) is 0 Å². The molecule has 1 aromatic rings. The van der Waals surface area contributed by atoms with Crippen LogP contribution in [0.1, 0.15) is 48.5 Å². The zero-order valence-electron chi connectivity index (χ0n) is 11.2. The Morgan fingerprint density at radius 3 is 2.72 bits per heavy atom. The van der Waals surface area contributed by atoms with Crippen LogP contribution < -0.4 is 10.6 Å². The maximum absolute atomic E-state index is 12.2. The predicted octanol–water partition coefficient (Wildman–Crippen LogP) is 2.29. The van der Waals surface area contributed by atoms with E-state index in [2.05, 4.69) is 30.5 Å². The number of carbonyl (C=O) groups is 1. The van der Waals surface area contributed by atoms with Crippen LogP contribution in [0.5, 0.6) is 0 Å². The molecule has 0 atom stereocenters. The van der Waals surface area contributed by atoms with E-state index in [1.807, 2.05) is 18.2 Å². The SMILES string of the molecule is CC(C)c1cccc(C(=O)NC2CCNCC2)c1. The van der Waals surface area contributed by atoms with E-state index in [0.29, 0.717) is 12.0 Å². The van der Waals surface area contributed by atoms with Crippen molar-refractivity contribution in [3.05, 3.63) is 35.4 Å². The van der Waals surface area contributed by atoms with Crippen molar-refractivity contribution in [2.45, 2.75) is 38.6 Å². The van der Waals surface area contributed by atoms with Crippen molar-refractivity contribution in [3.8, 4) is 0 Å². The predicted molar refractivity (Wildman–Crippen MR) is 73.9 cm³/mol. The van der Waals surface area contributed by atoms with E-state index in [1.165, 1.54) is 5.56 Å². The first-order valence-corrected chi connectivity index (χ1v) is 6.78. The quantitative estimate of drug-likeness (QED) is 0.859. The molecule has 1 aromatic carbocycles. The molecule has 1 amide bonds. The summed E-state index contributed by atoms with van der Waals surface area (Å²) < 4.78 is 0. The summed E-state index contributed by atoms with van der Waals surface area (Å²) in [4.78, 5) is 12.2. The summed E-state index contributed by atoms with van der Waals surface area (Å²) in [6, 6.07) is 8.25. The second kappa shape index (κ2) is 6.01. The van der Waals surface area contributed by atoms with Gasteiger partial charge in [0.15, 0.2) is 0 Å². The van der Waals surface area contributed by atoms with Crippen molar-refractivity contribution in [3.63, 3.8) is 0 Å². The second-order valence-corrected chi connectivity index (χ2v) is 5.28. The van der Waals surface area contributed by atoms with Gasteiger partial charge in [0.05, 0.1) is 0 Å². The zero-order valence-corrected chi connectivity index (χ0v) is 11.2. The van der Waals surface area contributed by atoms with Crippen molar-refractivity contribution >= 4 is 5.91 Å². The topological polar surface area (TPSA) is 41.1 Å². The Labute approximate surface area is 109 Å². The van der Waals surface area contributed by atoms with E-state index in [4.69, 9.17) is 0 Å². The minimum absolute atomic E-state index is 0.0596. The molecular formula is C15H22N2O. The molecule has 0 aliphatic carbocycles. The summed E-state index contributed by atoms with van der Waals surface area (Å²) in [7, 11) is 0. The van der Waals surface area contributed by atoms with Gasteiger partial charge in [-0.1, -0.05) is 26.0 Å². The highest BCUT2D eigenvalue weighted by molar-refractivity contribution is 5.94. The van der Waals surface area contributed by atoms with Crippen LogP contribution in [0.25, 0.3) is 0 Å². The molecule has 0 saturated carbocycles. The van der Waals surface area contributed by atoms with E-state index in [9.17, 15) is 4.79 Å². The fourth-order valence-electron chi connectivity index (χ4n) is 2.27. The van der Waals surface area contributed by atoms with Gasteiger partial charge in [-0.25, -0.2) is 0 Å². The summed E-state index contributed by atoms with van der Waals surface area (Å²) >= 11 is 0. The smallest absolute Gasteiger partial charge is 0.251 e. The Kier molecular flexibility index (Phi) is 4.37. The molecule has 0 unspecified atom stereocenters. The largest absolute Gasteiger partial charge is 0.349 e. The maximum Gasteiger partial charge on any atom is 0.251 e. The lowest BCUT2D eigenvalue weighted by molar-refractivity contribution is 0.0929. The third kappa shape index (κ3) is 3.33. The fourth-order valence-corrected chi connectivity index (χ4v) is 2.27. The number of benzene rings is 1. The number of hydrogen-bond donors (Lipinski definition) is 2. The first-order valence-electron chi connectivity index (χ1n) is 6.78. The van der Waals surface area contributed by atoms with Crippen LogP contribution in [0.15, 0.2) is 24.3 Å². The summed E-state index contributed by atoms with van der Waals surface area (Å²) in [5.41, 5.74) is 1.99. The molecule has 0 bridgehead atoms. The van der Waals surface area contributed by atoms with E-state index in [0.717, 1.165) is 31.5 Å². The lowest BCUT2D eigenvalue weighted by atomic mass is 10.00. The van der Waals surface area contributed by atoms with Crippen molar-refractivity contribution in [2.75, 3.05) is 13.1 Å². The summed E-state index contributed by atoms with van der Waals surface area (Å²) in [6.07, 6.45) is 2.05. The highest BCUT2D eigenvalue weighted by atomic mass is 16.1. The van der Waals surface area contributed by atoms with Gasteiger partial charge in [0, 0.05) is 11.6 Å². The van der Waals surface area contributed by atoms with Crippen molar-refractivity contribution in [2.24, 2.45) is 0 Å². The van der Waals surface area contributed by atoms with Gasteiger partial charge < -0.3 is 10.6 Å². The van der Waals surface area contributed by atoms with Gasteiger partial charge in [-0.15, -0.1) is 0 Å². The van der Waals surface area contributed by atoms with Gasteiger partial charge in [0.25, 0.3) is 5.91 Å². The minimum atomic E-state index is 0.0596. The van der Waals surface area contributed by atoms with Crippen molar-refractivity contribution in [1.29, 1.82) is 0 Å². The molecule has 0 radical (unpaired) electrons. The minimum Gasteiger partial charge on any atom is -0.349 e. The Bertz CT molecular complexity index is 409. The van der Waals surface area contributed by atoms with Crippen LogP contribution in [-0.2, 0) is 0 Å². The lowest BCUT2D eigenvalue weighted by Crippen LogP contribution is -2.42. The third-order valence-electron chi connectivity index (χ3n) is 3.49. The average molecular weight is 246 g/mol. The summed E-state index contributed by atoms with van der Waals surface area (Å²) in [6.45, 7) is 6.28. The number of carbonyl (C=O) groups excluding carboxylic acids is 1. The van der Waals surface area contributed by atoms with Gasteiger partial charge in [0.2, 0.25) is 0 Å². The molecule has 0 spiro atoms. The second-order valence-electron chi connectivity index (χ2n) is 5.28. The monoisotopic (exact) mass is 246 g/mol. The van der Waals surface area contributed by atoms with Crippen LogP contribution in [0.2, 0.25) is 0 Å². The van der Waals surface area contributed by atoms with Gasteiger partial charge in [-0.2, -0.15) is 0 Å². The van der Waals surface area contributed by atoms with Crippen LogP contribution in [0.4, 0.5) is 0 Å². The van der Waals surface area contributed by atoms with Gasteiger partial charge >= 0.3 is 0 Å². The fraction of sp³-hybridized carbons (Fsp3) is 0.533. The maximum atomic E-state index is 12.2. The number of hydrogen-bond acceptors (Lipinski definition) is 2. The molecule has 3 heteroatoms. The van der Waals surface area contributed by atoms with Crippen LogP contribution in [0.3, 0.4) is 0 Å². The van der Waals surface area contributed by atoms with Crippen LogP contribution in [0, 0.1) is 0 Å². The summed E-state index contributed by atoms with van der Waals surface area (Å²) in [5, 5.41) is 6.42. The van der Waals surface area contributed by atoms with Crippen LogP contribution in [-0.4, -0.2) is 25.0 Å². The van der Waals surface area contributed by atoms with E-state index < -0.39 is 0 Å². The molecule has 0 aromatic heterocycles. The molecule has 1 aliphatic rings. The van der Waals surface area contributed by atoms with Crippen LogP contribution >= 0.6 is 0 Å². The zero-order chi connectivity index (χ0) is 13.0. The van der Waals surface area contributed by atoms with Gasteiger partial charge in [-0.05, 0) is 49.5 Å². The Balaban J connectivity index is 2.01. The molecule has 1 aliphatic heterocycles. The highest BCUT2D eigenvalue weighted by Crippen LogP contribution is 2.16. The van der Waals surface area contributed by atoms with E-state index in [-0.39, 0.29) is 5.91 Å². The molecule has 98 valence electrons. The first kappa shape index (κ1) is 13.1. The number of amides is 1. The summed E-state index contributed by atoms with van der Waals surface area (Å²) in [5.74, 6) is 0.515. The molecule has 3 nitrogen and oxygen atoms in total. The number of rotatable bonds is 3. The molecule has 18 heavy (non-hydrogen) atoms. The molecule has 2 N–H and O–H groups in total. The highest BCUT2D eigenvalue weighted by Gasteiger charge is 2.16. The number of piperidine rings is 1. The molecule has 2 rings (SSSR count). The Morgan fingerprint density at radius 2 is 2.06 bits per heavy atom. The Hall–Kier alpha value is -1.35. The normalized spacial score (nSPS) is 16.8. The Morgan fingerprint density at radius 1 is 1.33 bits per heavy atom. The van der Waals surface area contributed by atoms with Crippen molar-refractivity contribution in [1.82, 2.24) is 10.6 Å². The van der Waals surface area contributed by atoms with E-state index >= 15 is 0 Å². The third-order valence-corrected chi connectivity index (χ3v) is 3.49. The molecule has 1 saturated heterocycles. The average Bonchev–Trinajstić information content (AvgIpc) is 2.40. The molecular weight excluding hydrogens is 224 g/mol. The van der Waals surface area contributed by atoms with E-state index in [1.54, 1.807) is 0 Å². The first-order chi connectivity index (χ1) is 8.66. The van der Waals surface area contributed by atoms with Gasteiger partial charge in [-0.3, -0.25) is 4.79 Å². The molecule has 1 fully saturated rings. The number of nitrogens with one attached hydrogen (secondary N) is 2. The van der Waals surface area contributed by atoms with Crippen molar-refractivity contribution < 1.29 is 4.79 Å². The standard InChI is InChI=1S/C15H22N2O/c1-11(2)12-4-3-5-13(10-12)15(18)17-14-6-8-16-9-7-14/h3-5,10-11,14,16H,6-9H2,1-2H3,(H,17,18).